The van der Waals surface area contributed by atoms with E-state index in [0.29, 0.717) is 12.5 Å². The molecule has 0 aromatic rings. The zero-order valence-corrected chi connectivity index (χ0v) is 8.95. The summed E-state index contributed by atoms with van der Waals surface area (Å²) in [5, 5.41) is 0. The van der Waals surface area contributed by atoms with Crippen LogP contribution in [0.15, 0.2) is 24.3 Å². The van der Waals surface area contributed by atoms with Gasteiger partial charge in [0.15, 0.2) is 0 Å². The molecule has 1 unspecified atom stereocenters. The third-order valence-electron chi connectivity index (χ3n) is 2.77. The van der Waals surface area contributed by atoms with Gasteiger partial charge in [-0.05, 0) is 32.6 Å². The number of rotatable bonds is 3. The quantitative estimate of drug-likeness (QED) is 0.510. The van der Waals surface area contributed by atoms with Gasteiger partial charge in [-0.2, -0.15) is 0 Å². The van der Waals surface area contributed by atoms with Crippen LogP contribution in [0.3, 0.4) is 0 Å². The molecule has 2 atom stereocenters. The first-order valence-electron chi connectivity index (χ1n) is 5.17. The van der Waals surface area contributed by atoms with Crippen molar-refractivity contribution in [1.29, 1.82) is 0 Å². The molecule has 0 aliphatic heterocycles. The molecule has 0 amide bonds. The smallest absolute Gasteiger partial charge is 0.309 e. The van der Waals surface area contributed by atoms with Crippen LogP contribution < -0.4 is 0 Å². The molecule has 1 saturated carbocycles. The lowest BCUT2D eigenvalue weighted by molar-refractivity contribution is -0.147. The normalized spacial score (nSPS) is 29.1. The summed E-state index contributed by atoms with van der Waals surface area (Å²) in [5.41, 5.74) is 1.32. The molecule has 1 rings (SSSR count). The summed E-state index contributed by atoms with van der Waals surface area (Å²) in [5.74, 6) is 0.356. The van der Waals surface area contributed by atoms with Gasteiger partial charge in [-0.3, -0.25) is 4.79 Å². The van der Waals surface area contributed by atoms with Crippen LogP contribution in [0.2, 0.25) is 0 Å². The molecular formula is C12H18O2. The SMILES string of the molecule is C=CC1C[C@@H](C(=O)OCC)C/C1=C\C. The van der Waals surface area contributed by atoms with E-state index >= 15 is 0 Å². The van der Waals surface area contributed by atoms with Gasteiger partial charge in [0.25, 0.3) is 0 Å². The lowest BCUT2D eigenvalue weighted by Crippen LogP contribution is -2.14. The second kappa shape index (κ2) is 4.99. The zero-order valence-electron chi connectivity index (χ0n) is 8.95. The number of hydrogen-bond acceptors (Lipinski definition) is 2. The third kappa shape index (κ3) is 2.25. The van der Waals surface area contributed by atoms with E-state index in [0.717, 1.165) is 12.8 Å². The summed E-state index contributed by atoms with van der Waals surface area (Å²) in [6.07, 6.45) is 5.72. The van der Waals surface area contributed by atoms with E-state index in [2.05, 4.69) is 12.7 Å². The van der Waals surface area contributed by atoms with Crippen LogP contribution in [0.1, 0.15) is 26.7 Å². The van der Waals surface area contributed by atoms with E-state index in [-0.39, 0.29) is 11.9 Å². The van der Waals surface area contributed by atoms with Gasteiger partial charge in [0.05, 0.1) is 12.5 Å². The molecular weight excluding hydrogens is 176 g/mol. The van der Waals surface area contributed by atoms with Gasteiger partial charge in [0, 0.05) is 0 Å². The molecule has 0 spiro atoms. The number of carbonyl (C=O) groups excluding carboxylic acids is 1. The highest BCUT2D eigenvalue weighted by atomic mass is 16.5. The Morgan fingerprint density at radius 3 is 2.86 bits per heavy atom. The maximum absolute atomic E-state index is 11.5. The minimum Gasteiger partial charge on any atom is -0.466 e. The van der Waals surface area contributed by atoms with Crippen molar-refractivity contribution in [2.45, 2.75) is 26.7 Å². The highest BCUT2D eigenvalue weighted by Gasteiger charge is 2.32. The Balaban J connectivity index is 2.61. The Morgan fingerprint density at radius 1 is 1.71 bits per heavy atom. The number of hydrogen-bond donors (Lipinski definition) is 0. The predicted molar refractivity (Wildman–Crippen MR) is 56.8 cm³/mol. The summed E-state index contributed by atoms with van der Waals surface area (Å²) in [7, 11) is 0. The Kier molecular flexibility index (Phi) is 3.93. The van der Waals surface area contributed by atoms with Crippen molar-refractivity contribution in [3.63, 3.8) is 0 Å². The summed E-state index contributed by atoms with van der Waals surface area (Å²) in [6, 6.07) is 0. The van der Waals surface area contributed by atoms with Gasteiger partial charge < -0.3 is 4.74 Å². The fourth-order valence-electron chi connectivity index (χ4n) is 2.00. The Labute approximate surface area is 85.6 Å². The van der Waals surface area contributed by atoms with E-state index in [9.17, 15) is 4.79 Å². The summed E-state index contributed by atoms with van der Waals surface area (Å²) in [4.78, 5) is 11.5. The minimum absolute atomic E-state index is 0.0455. The first kappa shape index (κ1) is 11.0. The molecule has 0 bridgehead atoms. The summed E-state index contributed by atoms with van der Waals surface area (Å²) in [6.45, 7) is 8.11. The van der Waals surface area contributed by atoms with Crippen LogP contribution >= 0.6 is 0 Å². The van der Waals surface area contributed by atoms with Gasteiger partial charge in [0.2, 0.25) is 0 Å². The van der Waals surface area contributed by atoms with Crippen molar-refractivity contribution in [3.05, 3.63) is 24.3 Å². The maximum atomic E-state index is 11.5. The average molecular weight is 194 g/mol. The topological polar surface area (TPSA) is 26.3 Å². The predicted octanol–water partition coefficient (Wildman–Crippen LogP) is 2.71. The van der Waals surface area contributed by atoms with Crippen molar-refractivity contribution >= 4 is 5.97 Å². The third-order valence-corrected chi connectivity index (χ3v) is 2.77. The summed E-state index contributed by atoms with van der Waals surface area (Å²) >= 11 is 0. The molecule has 1 aliphatic carbocycles. The molecule has 2 heteroatoms. The number of allylic oxidation sites excluding steroid dienone is 3. The van der Waals surface area contributed by atoms with Gasteiger partial charge >= 0.3 is 5.97 Å². The average Bonchev–Trinajstić information content (AvgIpc) is 2.61. The Morgan fingerprint density at radius 2 is 2.43 bits per heavy atom. The largest absolute Gasteiger partial charge is 0.466 e. The zero-order chi connectivity index (χ0) is 10.6. The lowest BCUT2D eigenvalue weighted by Gasteiger charge is -2.07. The molecule has 0 aromatic carbocycles. The monoisotopic (exact) mass is 194 g/mol. The van der Waals surface area contributed by atoms with Crippen molar-refractivity contribution in [2.24, 2.45) is 11.8 Å². The molecule has 0 N–H and O–H groups in total. The molecule has 78 valence electrons. The van der Waals surface area contributed by atoms with Crippen LogP contribution in [-0.2, 0) is 9.53 Å². The van der Waals surface area contributed by atoms with Crippen molar-refractivity contribution in [2.75, 3.05) is 6.61 Å². The standard InChI is InChI=1S/C12H18O2/c1-4-9-7-11(8-10(9)5-2)12(13)14-6-3/h4-5,9,11H,1,6-8H2,2-3H3/b10-5+/t9?,11-/m1/s1. The van der Waals surface area contributed by atoms with Crippen molar-refractivity contribution < 1.29 is 9.53 Å². The van der Waals surface area contributed by atoms with Crippen LogP contribution in [0.25, 0.3) is 0 Å². The van der Waals surface area contributed by atoms with E-state index in [1.807, 2.05) is 19.9 Å². The van der Waals surface area contributed by atoms with Gasteiger partial charge in [0.1, 0.15) is 0 Å². The van der Waals surface area contributed by atoms with Gasteiger partial charge in [-0.15, -0.1) is 6.58 Å². The van der Waals surface area contributed by atoms with E-state index in [1.165, 1.54) is 5.57 Å². The van der Waals surface area contributed by atoms with E-state index < -0.39 is 0 Å². The first-order valence-corrected chi connectivity index (χ1v) is 5.17. The van der Waals surface area contributed by atoms with Crippen LogP contribution in [0.4, 0.5) is 0 Å². The molecule has 0 heterocycles. The molecule has 0 radical (unpaired) electrons. The number of esters is 1. The Bertz CT molecular complexity index is 253. The van der Waals surface area contributed by atoms with E-state index in [1.54, 1.807) is 0 Å². The molecule has 14 heavy (non-hydrogen) atoms. The Hall–Kier alpha value is -1.05. The molecule has 2 nitrogen and oxygen atoms in total. The molecule has 1 aliphatic rings. The molecule has 0 saturated heterocycles. The van der Waals surface area contributed by atoms with Crippen LogP contribution in [0.5, 0.6) is 0 Å². The fraction of sp³-hybridized carbons (Fsp3) is 0.583. The second-order valence-corrected chi connectivity index (χ2v) is 3.59. The van der Waals surface area contributed by atoms with Crippen molar-refractivity contribution in [1.82, 2.24) is 0 Å². The van der Waals surface area contributed by atoms with Gasteiger partial charge in [-0.25, -0.2) is 0 Å². The first-order chi connectivity index (χ1) is 6.72. The van der Waals surface area contributed by atoms with Gasteiger partial charge in [-0.1, -0.05) is 17.7 Å². The maximum Gasteiger partial charge on any atom is 0.309 e. The van der Waals surface area contributed by atoms with Crippen LogP contribution in [0, 0.1) is 11.8 Å². The fourth-order valence-corrected chi connectivity index (χ4v) is 2.00. The highest BCUT2D eigenvalue weighted by molar-refractivity contribution is 5.73. The van der Waals surface area contributed by atoms with E-state index in [4.69, 9.17) is 4.74 Å². The number of carbonyl (C=O) groups is 1. The minimum atomic E-state index is -0.0591. The lowest BCUT2D eigenvalue weighted by atomic mass is 10.0. The molecule has 0 aromatic heterocycles. The summed E-state index contributed by atoms with van der Waals surface area (Å²) < 4.78 is 5.01. The second-order valence-electron chi connectivity index (χ2n) is 3.59. The number of ether oxygens (including phenoxy) is 1. The molecule has 1 fully saturated rings. The van der Waals surface area contributed by atoms with Crippen LogP contribution in [-0.4, -0.2) is 12.6 Å². The highest BCUT2D eigenvalue weighted by Crippen LogP contribution is 2.37. The van der Waals surface area contributed by atoms with Crippen molar-refractivity contribution in [3.8, 4) is 0 Å².